The number of rotatable bonds is 7. The molecule has 2 N–H and O–H groups in total. The summed E-state index contributed by atoms with van der Waals surface area (Å²) in [6, 6.07) is 2.67. The lowest BCUT2D eigenvalue weighted by Gasteiger charge is -2.05. The van der Waals surface area contributed by atoms with Gasteiger partial charge in [0.15, 0.2) is 5.03 Å². The van der Waals surface area contributed by atoms with Crippen molar-refractivity contribution in [2.24, 2.45) is 0 Å². The van der Waals surface area contributed by atoms with Crippen molar-refractivity contribution < 1.29 is 13.2 Å². The summed E-state index contributed by atoms with van der Waals surface area (Å²) in [7, 11) is -2.31. The number of nitrogens with one attached hydrogen (secondary N) is 2. The Bertz CT molecular complexity index is 593. The lowest BCUT2D eigenvalue weighted by molar-refractivity contribution is 0.0953. The Labute approximate surface area is 121 Å². The number of thioether (sulfide) groups is 1. The zero-order valence-electron chi connectivity index (χ0n) is 10.8. The Morgan fingerprint density at radius 3 is 2.80 bits per heavy atom. The molecule has 0 aliphatic carbocycles. The second-order valence-corrected chi connectivity index (χ2v) is 6.35. The van der Waals surface area contributed by atoms with Crippen molar-refractivity contribution in [1.29, 1.82) is 5.26 Å². The van der Waals surface area contributed by atoms with Crippen LogP contribution in [0.15, 0.2) is 23.4 Å². The monoisotopic (exact) mass is 314 g/mol. The molecule has 0 radical (unpaired) electrons. The molecule has 0 unspecified atom stereocenters. The molecule has 1 rings (SSSR count). The molecule has 0 bridgehead atoms. The van der Waals surface area contributed by atoms with Crippen molar-refractivity contribution in [2.45, 2.75) is 11.4 Å². The van der Waals surface area contributed by atoms with Crippen LogP contribution in [0.4, 0.5) is 0 Å². The molecule has 1 amide bonds. The Morgan fingerprint density at radius 2 is 2.25 bits per heavy atom. The molecule has 0 aliphatic heterocycles. The largest absolute Gasteiger partial charge is 0.352 e. The first-order chi connectivity index (χ1) is 9.51. The summed E-state index contributed by atoms with van der Waals surface area (Å²) in [5, 5.41) is 12.8. The van der Waals surface area contributed by atoms with Gasteiger partial charge in [0.2, 0.25) is 0 Å². The number of carbonyl (C=O) groups is 1. The van der Waals surface area contributed by atoms with Gasteiger partial charge in [-0.25, -0.2) is 18.1 Å². The summed E-state index contributed by atoms with van der Waals surface area (Å²) in [5.74, 6) is 0.321. The van der Waals surface area contributed by atoms with Crippen LogP contribution in [0.1, 0.15) is 16.8 Å². The van der Waals surface area contributed by atoms with Crippen LogP contribution in [0.25, 0.3) is 0 Å². The van der Waals surface area contributed by atoms with Crippen molar-refractivity contribution in [3.8, 4) is 5.40 Å². The fourth-order valence-electron chi connectivity index (χ4n) is 1.27. The highest BCUT2D eigenvalue weighted by Crippen LogP contribution is 2.06. The van der Waals surface area contributed by atoms with Crippen LogP contribution in [-0.2, 0) is 10.0 Å². The van der Waals surface area contributed by atoms with Crippen LogP contribution in [0.5, 0.6) is 0 Å². The highest BCUT2D eigenvalue weighted by Gasteiger charge is 2.14. The van der Waals surface area contributed by atoms with Crippen molar-refractivity contribution in [2.75, 3.05) is 19.3 Å². The van der Waals surface area contributed by atoms with Gasteiger partial charge in [-0.05, 0) is 37.4 Å². The van der Waals surface area contributed by atoms with Crippen LogP contribution in [0.2, 0.25) is 0 Å². The predicted molar refractivity (Wildman–Crippen MR) is 75.5 cm³/mol. The van der Waals surface area contributed by atoms with Crippen molar-refractivity contribution in [3.05, 3.63) is 23.9 Å². The molecule has 0 fully saturated rings. The summed E-state index contributed by atoms with van der Waals surface area (Å²) in [4.78, 5) is 15.5. The molecule has 9 heteroatoms. The van der Waals surface area contributed by atoms with Gasteiger partial charge in [-0.15, -0.1) is 0 Å². The minimum atomic E-state index is -3.59. The maximum absolute atomic E-state index is 11.7. The summed E-state index contributed by atoms with van der Waals surface area (Å²) in [6.45, 7) is 0.448. The lowest BCUT2D eigenvalue weighted by Crippen LogP contribution is -2.25. The van der Waals surface area contributed by atoms with E-state index in [0.717, 1.165) is 11.8 Å². The summed E-state index contributed by atoms with van der Waals surface area (Å²) in [6.07, 6.45) is 1.90. The third-order valence-electron chi connectivity index (χ3n) is 2.32. The first-order valence-corrected chi connectivity index (χ1v) is 8.17. The van der Waals surface area contributed by atoms with Gasteiger partial charge in [0, 0.05) is 18.5 Å². The summed E-state index contributed by atoms with van der Waals surface area (Å²) >= 11 is 1.13. The molecule has 0 aliphatic rings. The molecule has 0 saturated carbocycles. The Hall–Kier alpha value is -1.63. The van der Waals surface area contributed by atoms with E-state index in [4.69, 9.17) is 5.26 Å². The third kappa shape index (κ3) is 4.80. The molecule has 0 spiro atoms. The van der Waals surface area contributed by atoms with E-state index in [9.17, 15) is 13.2 Å². The number of carbonyl (C=O) groups excluding carboxylic acids is 1. The molecule has 0 aromatic carbocycles. The fourth-order valence-corrected chi connectivity index (χ4v) is 2.30. The Morgan fingerprint density at radius 1 is 1.50 bits per heavy atom. The van der Waals surface area contributed by atoms with E-state index >= 15 is 0 Å². The quantitative estimate of drug-likeness (QED) is 0.554. The standard InChI is InChI=1S/C11H14N4O3S2/c1-13-20(17,18)10-4-3-9(7-15-10)11(16)14-5-2-6-19-8-12/h3-4,7,13H,2,5-6H2,1H3,(H,14,16). The molecule has 1 aromatic heterocycles. The number of hydrogen-bond donors (Lipinski definition) is 2. The minimum Gasteiger partial charge on any atom is -0.352 e. The van der Waals surface area contributed by atoms with E-state index in [1.807, 2.05) is 5.40 Å². The smallest absolute Gasteiger partial charge is 0.257 e. The highest BCUT2D eigenvalue weighted by molar-refractivity contribution is 8.03. The van der Waals surface area contributed by atoms with Crippen molar-refractivity contribution >= 4 is 27.7 Å². The fraction of sp³-hybridized carbons (Fsp3) is 0.364. The van der Waals surface area contributed by atoms with Gasteiger partial charge >= 0.3 is 0 Å². The number of nitrogens with zero attached hydrogens (tertiary/aromatic N) is 2. The lowest BCUT2D eigenvalue weighted by atomic mass is 10.2. The number of pyridine rings is 1. The van der Waals surface area contributed by atoms with Gasteiger partial charge in [-0.1, -0.05) is 0 Å². The molecule has 108 valence electrons. The van der Waals surface area contributed by atoms with Crippen LogP contribution < -0.4 is 10.0 Å². The van der Waals surface area contributed by atoms with E-state index in [2.05, 4.69) is 15.0 Å². The predicted octanol–water partition coefficient (Wildman–Crippen LogP) is 0.324. The van der Waals surface area contributed by atoms with Gasteiger partial charge in [-0.2, -0.15) is 5.26 Å². The Balaban J connectivity index is 2.56. The second kappa shape index (κ2) is 7.84. The zero-order chi connectivity index (χ0) is 15.0. The van der Waals surface area contributed by atoms with Crippen molar-refractivity contribution in [1.82, 2.24) is 15.0 Å². The number of hydrogen-bond acceptors (Lipinski definition) is 6. The molecular formula is C11H14N4O3S2. The summed E-state index contributed by atoms with van der Waals surface area (Å²) < 4.78 is 25.0. The molecular weight excluding hydrogens is 300 g/mol. The van der Waals surface area contributed by atoms with Crippen molar-refractivity contribution in [3.63, 3.8) is 0 Å². The van der Waals surface area contributed by atoms with Crippen LogP contribution in [-0.4, -0.2) is 38.7 Å². The van der Waals surface area contributed by atoms with Crippen LogP contribution in [0.3, 0.4) is 0 Å². The molecule has 0 saturated heterocycles. The molecule has 1 heterocycles. The van der Waals surface area contributed by atoms with Gasteiger partial charge in [0.1, 0.15) is 5.40 Å². The first-order valence-electron chi connectivity index (χ1n) is 5.70. The molecule has 1 aromatic rings. The topological polar surface area (TPSA) is 112 Å². The van der Waals surface area contributed by atoms with E-state index < -0.39 is 10.0 Å². The molecule has 7 nitrogen and oxygen atoms in total. The van der Waals surface area contributed by atoms with Crippen LogP contribution in [0, 0.1) is 10.7 Å². The Kier molecular flexibility index (Phi) is 6.44. The zero-order valence-corrected chi connectivity index (χ0v) is 12.4. The maximum atomic E-state index is 11.7. The minimum absolute atomic E-state index is 0.137. The number of amides is 1. The van der Waals surface area contributed by atoms with Crippen LogP contribution >= 0.6 is 11.8 Å². The average Bonchev–Trinajstić information content (AvgIpc) is 2.47. The maximum Gasteiger partial charge on any atom is 0.257 e. The summed E-state index contributed by atoms with van der Waals surface area (Å²) in [5.41, 5.74) is 0.285. The van der Waals surface area contributed by atoms with Gasteiger partial charge < -0.3 is 5.32 Å². The van der Waals surface area contributed by atoms with E-state index in [1.165, 1.54) is 25.4 Å². The highest BCUT2D eigenvalue weighted by atomic mass is 32.2. The number of aromatic nitrogens is 1. The van der Waals surface area contributed by atoms with Gasteiger partial charge in [0.05, 0.1) is 5.56 Å². The molecule has 20 heavy (non-hydrogen) atoms. The van der Waals surface area contributed by atoms with Gasteiger partial charge in [-0.3, -0.25) is 4.79 Å². The third-order valence-corrected chi connectivity index (χ3v) is 4.27. The van der Waals surface area contributed by atoms with Gasteiger partial charge in [0.25, 0.3) is 15.9 Å². The van der Waals surface area contributed by atoms with E-state index in [1.54, 1.807) is 0 Å². The number of thiocyanates is 1. The SMILES string of the molecule is CNS(=O)(=O)c1ccc(C(=O)NCCCSC#N)cn1. The van der Waals surface area contributed by atoms with E-state index in [0.29, 0.717) is 18.7 Å². The van der Waals surface area contributed by atoms with E-state index in [-0.39, 0.29) is 16.5 Å². The first kappa shape index (κ1) is 16.4. The molecule has 0 atom stereocenters. The second-order valence-electron chi connectivity index (χ2n) is 3.64. The number of nitriles is 1. The normalized spacial score (nSPS) is 10.8. The average molecular weight is 314 g/mol. The number of sulfonamides is 1.